The van der Waals surface area contributed by atoms with Crippen LogP contribution >= 0.6 is 0 Å². The third-order valence-corrected chi connectivity index (χ3v) is 3.88. The number of aryl methyl sites for hydroxylation is 1. The van der Waals surface area contributed by atoms with Gasteiger partial charge in [0.1, 0.15) is 0 Å². The van der Waals surface area contributed by atoms with Gasteiger partial charge in [0.05, 0.1) is 11.4 Å². The van der Waals surface area contributed by atoms with Gasteiger partial charge in [-0.3, -0.25) is 4.79 Å². The number of hydrogen-bond acceptors (Lipinski definition) is 3. The Labute approximate surface area is 153 Å². The first-order chi connectivity index (χ1) is 12.7. The highest BCUT2D eigenvalue weighted by molar-refractivity contribution is 5.89. The molecule has 1 amide bonds. The van der Waals surface area contributed by atoms with Gasteiger partial charge in [0.2, 0.25) is 6.54 Å². The van der Waals surface area contributed by atoms with Gasteiger partial charge >= 0.3 is 0 Å². The third kappa shape index (κ3) is 5.08. The summed E-state index contributed by atoms with van der Waals surface area (Å²) in [4.78, 5) is 12.2. The number of carbonyl (C=O) groups is 1. The molecule has 0 aliphatic heterocycles. The minimum absolute atomic E-state index is 0.0714. The summed E-state index contributed by atoms with van der Waals surface area (Å²) in [7, 11) is 0. The average molecular weight is 345 g/mol. The Balaban J connectivity index is 1.56. The van der Waals surface area contributed by atoms with Crippen LogP contribution in [0.1, 0.15) is 12.5 Å². The highest BCUT2D eigenvalue weighted by atomic mass is 16.1. The van der Waals surface area contributed by atoms with Crippen molar-refractivity contribution in [3.63, 3.8) is 0 Å². The zero-order chi connectivity index (χ0) is 18.2. The monoisotopic (exact) mass is 345 g/mol. The normalized spacial score (nSPS) is 10.8. The number of nitrogens with zero attached hydrogens (tertiary/aromatic N) is 3. The van der Waals surface area contributed by atoms with E-state index in [0.29, 0.717) is 0 Å². The van der Waals surface area contributed by atoms with Crippen LogP contribution in [0, 0.1) is 0 Å². The Bertz CT molecular complexity index is 872. The van der Waals surface area contributed by atoms with Gasteiger partial charge in [0.25, 0.3) is 5.91 Å². The van der Waals surface area contributed by atoms with Crippen molar-refractivity contribution in [1.82, 2.24) is 0 Å². The van der Waals surface area contributed by atoms with E-state index in [0.717, 1.165) is 23.5 Å². The van der Waals surface area contributed by atoms with Gasteiger partial charge in [-0.05, 0) is 48.4 Å². The molecule has 3 rings (SSSR count). The van der Waals surface area contributed by atoms with Crippen LogP contribution in [0.15, 0.2) is 89.4 Å². The molecular weight excluding hydrogens is 324 g/mol. The largest absolute Gasteiger partial charge is 0.321 e. The van der Waals surface area contributed by atoms with Crippen molar-refractivity contribution < 1.29 is 9.36 Å². The maximum absolute atomic E-state index is 12.2. The van der Waals surface area contributed by atoms with Crippen molar-refractivity contribution in [3.8, 4) is 0 Å². The minimum atomic E-state index is -0.0714. The molecule has 0 spiro atoms. The molecule has 0 fully saturated rings. The number of aromatic nitrogens is 1. The van der Waals surface area contributed by atoms with Crippen molar-refractivity contribution in [2.45, 2.75) is 19.9 Å². The molecule has 1 aromatic heterocycles. The van der Waals surface area contributed by atoms with Crippen LogP contribution < -0.4 is 9.88 Å². The van der Waals surface area contributed by atoms with Crippen LogP contribution in [0.25, 0.3) is 0 Å². The standard InChI is InChI=1S/C21H20N4O/c1-2-17-12-14-25(15-13-17)16-21(26)22-18-8-10-20(11-9-18)24-23-19-6-4-3-5-7-19/h3-15H,2,16H2,1H3/p+1. The lowest BCUT2D eigenvalue weighted by Gasteiger charge is -2.03. The second kappa shape index (κ2) is 8.67. The van der Waals surface area contributed by atoms with Crippen LogP contribution in [0.4, 0.5) is 17.1 Å². The molecule has 0 atom stereocenters. The van der Waals surface area contributed by atoms with E-state index in [-0.39, 0.29) is 12.5 Å². The maximum Gasteiger partial charge on any atom is 0.290 e. The molecule has 0 aliphatic carbocycles. The van der Waals surface area contributed by atoms with E-state index >= 15 is 0 Å². The van der Waals surface area contributed by atoms with Crippen molar-refractivity contribution in [2.24, 2.45) is 10.2 Å². The minimum Gasteiger partial charge on any atom is -0.321 e. The number of nitrogens with one attached hydrogen (secondary N) is 1. The zero-order valence-corrected chi connectivity index (χ0v) is 14.7. The van der Waals surface area contributed by atoms with E-state index < -0.39 is 0 Å². The third-order valence-electron chi connectivity index (χ3n) is 3.88. The summed E-state index contributed by atoms with van der Waals surface area (Å²) in [6, 6.07) is 20.9. The predicted molar refractivity (Wildman–Crippen MR) is 102 cm³/mol. The molecule has 0 saturated carbocycles. The summed E-state index contributed by atoms with van der Waals surface area (Å²) in [6.45, 7) is 2.38. The summed E-state index contributed by atoms with van der Waals surface area (Å²) < 4.78 is 1.86. The first-order valence-corrected chi connectivity index (χ1v) is 8.57. The molecule has 0 radical (unpaired) electrons. The quantitative estimate of drug-likeness (QED) is 0.515. The number of anilines is 1. The van der Waals surface area contributed by atoms with E-state index in [1.54, 1.807) is 0 Å². The summed E-state index contributed by atoms with van der Waals surface area (Å²) >= 11 is 0. The van der Waals surface area contributed by atoms with E-state index in [1.165, 1.54) is 5.56 Å². The Hall–Kier alpha value is -3.34. The predicted octanol–water partition coefficient (Wildman–Crippen LogP) is 4.59. The van der Waals surface area contributed by atoms with Crippen LogP contribution in [-0.4, -0.2) is 5.91 Å². The molecule has 26 heavy (non-hydrogen) atoms. The van der Waals surface area contributed by atoms with Crippen LogP contribution in [0.5, 0.6) is 0 Å². The average Bonchev–Trinajstić information content (AvgIpc) is 2.69. The smallest absolute Gasteiger partial charge is 0.290 e. The number of carbonyl (C=O) groups excluding carboxylic acids is 1. The van der Waals surface area contributed by atoms with E-state index in [9.17, 15) is 4.79 Å². The number of azo groups is 1. The second-order valence-electron chi connectivity index (χ2n) is 5.86. The van der Waals surface area contributed by atoms with Gasteiger partial charge in [-0.1, -0.05) is 25.1 Å². The molecule has 0 aliphatic rings. The first kappa shape index (κ1) is 17.5. The molecule has 0 unspecified atom stereocenters. The second-order valence-corrected chi connectivity index (χ2v) is 5.86. The summed E-state index contributed by atoms with van der Waals surface area (Å²) in [5.74, 6) is -0.0714. The van der Waals surface area contributed by atoms with Gasteiger partial charge in [0, 0.05) is 17.8 Å². The SMILES string of the molecule is CCc1cc[n+](CC(=O)Nc2ccc(N=Nc3ccccc3)cc2)cc1. The molecule has 0 bridgehead atoms. The zero-order valence-electron chi connectivity index (χ0n) is 14.7. The topological polar surface area (TPSA) is 57.7 Å². The number of pyridine rings is 1. The summed E-state index contributed by atoms with van der Waals surface area (Å²) in [5.41, 5.74) is 3.52. The fourth-order valence-corrected chi connectivity index (χ4v) is 2.42. The van der Waals surface area contributed by atoms with Crippen molar-refractivity contribution in [2.75, 3.05) is 5.32 Å². The number of rotatable bonds is 6. The molecular formula is C21H21N4O+. The number of amides is 1. The lowest BCUT2D eigenvalue weighted by Crippen LogP contribution is -2.39. The van der Waals surface area contributed by atoms with Crippen LogP contribution in [0.3, 0.4) is 0 Å². The number of hydrogen-bond donors (Lipinski definition) is 1. The Morgan fingerprint density at radius 1 is 0.885 bits per heavy atom. The van der Waals surface area contributed by atoms with Crippen molar-refractivity contribution >= 4 is 23.0 Å². The molecule has 1 N–H and O–H groups in total. The maximum atomic E-state index is 12.2. The van der Waals surface area contributed by atoms with Crippen LogP contribution in [0.2, 0.25) is 0 Å². The fourth-order valence-electron chi connectivity index (χ4n) is 2.42. The highest BCUT2D eigenvalue weighted by Crippen LogP contribution is 2.19. The number of benzene rings is 2. The van der Waals surface area contributed by atoms with Gasteiger partial charge in [-0.2, -0.15) is 14.8 Å². The van der Waals surface area contributed by atoms with E-state index in [4.69, 9.17) is 0 Å². The lowest BCUT2D eigenvalue weighted by atomic mass is 10.2. The first-order valence-electron chi connectivity index (χ1n) is 8.57. The lowest BCUT2D eigenvalue weighted by molar-refractivity contribution is -0.684. The van der Waals surface area contributed by atoms with E-state index in [1.807, 2.05) is 83.7 Å². The van der Waals surface area contributed by atoms with Gasteiger partial charge in [-0.25, -0.2) is 0 Å². The fraction of sp³-hybridized carbons (Fsp3) is 0.143. The Kier molecular flexibility index (Phi) is 5.83. The molecule has 3 aromatic rings. The van der Waals surface area contributed by atoms with Gasteiger partial charge in [0.15, 0.2) is 12.4 Å². The molecule has 5 nitrogen and oxygen atoms in total. The van der Waals surface area contributed by atoms with Crippen LogP contribution in [-0.2, 0) is 17.8 Å². The molecule has 130 valence electrons. The molecule has 2 aromatic carbocycles. The van der Waals surface area contributed by atoms with Crippen molar-refractivity contribution in [1.29, 1.82) is 0 Å². The van der Waals surface area contributed by atoms with Gasteiger partial charge in [-0.15, -0.1) is 0 Å². The Morgan fingerprint density at radius 3 is 2.12 bits per heavy atom. The summed E-state index contributed by atoms with van der Waals surface area (Å²) in [6.07, 6.45) is 4.83. The highest BCUT2D eigenvalue weighted by Gasteiger charge is 2.09. The van der Waals surface area contributed by atoms with E-state index in [2.05, 4.69) is 22.5 Å². The van der Waals surface area contributed by atoms with Crippen molar-refractivity contribution in [3.05, 3.63) is 84.7 Å². The summed E-state index contributed by atoms with van der Waals surface area (Å²) in [5, 5.41) is 11.2. The molecule has 0 saturated heterocycles. The van der Waals surface area contributed by atoms with Gasteiger partial charge < -0.3 is 5.32 Å². The Morgan fingerprint density at radius 2 is 1.50 bits per heavy atom. The molecule has 1 heterocycles. The molecule has 5 heteroatoms.